The Hall–Kier alpha value is -3.88. The summed E-state index contributed by atoms with van der Waals surface area (Å²) in [6, 6.07) is 5.35. The number of nitrogens with zero attached hydrogens (tertiary/aromatic N) is 6. The van der Waals surface area contributed by atoms with Crippen LogP contribution in [0.3, 0.4) is 0 Å². The van der Waals surface area contributed by atoms with Gasteiger partial charge in [-0.15, -0.1) is 0 Å². The molecule has 0 unspecified atom stereocenters. The van der Waals surface area contributed by atoms with Gasteiger partial charge in [-0.05, 0) is 19.1 Å². The third-order valence-electron chi connectivity index (χ3n) is 4.28. The molecule has 160 valence electrons. The van der Waals surface area contributed by atoms with Crippen molar-refractivity contribution in [2.24, 2.45) is 0 Å². The van der Waals surface area contributed by atoms with E-state index in [2.05, 4.69) is 30.2 Å². The molecule has 0 aliphatic carbocycles. The SMILES string of the molecule is COc1cnccc1-c1cc(C)nc(Cl)c1C(=O)Nc1nc2c(OCC#N)ncnc2s1. The largest absolute Gasteiger partial charge is 0.494 e. The smallest absolute Gasteiger partial charge is 0.261 e. The van der Waals surface area contributed by atoms with Crippen molar-refractivity contribution in [3.8, 4) is 28.8 Å². The molecule has 4 aromatic rings. The minimum Gasteiger partial charge on any atom is -0.494 e. The summed E-state index contributed by atoms with van der Waals surface area (Å²) in [5.74, 6) is 0.131. The Balaban J connectivity index is 1.74. The van der Waals surface area contributed by atoms with E-state index in [1.165, 1.54) is 13.4 Å². The molecule has 0 aliphatic rings. The van der Waals surface area contributed by atoms with E-state index in [1.807, 2.05) is 6.07 Å². The number of fused-ring (bicyclic) bond motifs is 1. The second-order valence-corrected chi connectivity index (χ2v) is 7.64. The van der Waals surface area contributed by atoms with Crippen LogP contribution in [-0.4, -0.2) is 44.5 Å². The highest BCUT2D eigenvalue weighted by atomic mass is 35.5. The highest BCUT2D eigenvalue weighted by Gasteiger charge is 2.23. The van der Waals surface area contributed by atoms with E-state index in [0.29, 0.717) is 32.9 Å². The number of nitrogens with one attached hydrogen (secondary N) is 1. The van der Waals surface area contributed by atoms with Crippen LogP contribution in [0, 0.1) is 18.3 Å². The average molecular weight is 468 g/mol. The first kappa shape index (κ1) is 21.4. The molecule has 0 fully saturated rings. The monoisotopic (exact) mass is 467 g/mol. The zero-order valence-electron chi connectivity index (χ0n) is 16.8. The predicted molar refractivity (Wildman–Crippen MR) is 118 cm³/mol. The van der Waals surface area contributed by atoms with Gasteiger partial charge >= 0.3 is 0 Å². The van der Waals surface area contributed by atoms with Crippen molar-refractivity contribution in [1.29, 1.82) is 5.26 Å². The lowest BCUT2D eigenvalue weighted by Gasteiger charge is -2.14. The second kappa shape index (κ2) is 9.09. The molecule has 0 bridgehead atoms. The van der Waals surface area contributed by atoms with Crippen LogP contribution >= 0.6 is 22.9 Å². The molecule has 0 aromatic carbocycles. The van der Waals surface area contributed by atoms with Crippen LogP contribution in [0.25, 0.3) is 21.5 Å². The van der Waals surface area contributed by atoms with E-state index >= 15 is 0 Å². The summed E-state index contributed by atoms with van der Waals surface area (Å²) in [5, 5.41) is 11.8. The highest BCUT2D eigenvalue weighted by molar-refractivity contribution is 7.22. The topological polar surface area (TPSA) is 136 Å². The Morgan fingerprint density at radius 1 is 1.31 bits per heavy atom. The third-order valence-corrected chi connectivity index (χ3v) is 5.43. The molecule has 32 heavy (non-hydrogen) atoms. The number of carbonyl (C=O) groups excluding carboxylic acids is 1. The van der Waals surface area contributed by atoms with Crippen LogP contribution in [0.4, 0.5) is 5.13 Å². The first-order valence-corrected chi connectivity index (χ1v) is 10.3. The summed E-state index contributed by atoms with van der Waals surface area (Å²) in [4.78, 5) is 34.5. The number of aryl methyl sites for hydroxylation is 1. The van der Waals surface area contributed by atoms with Crippen LogP contribution in [0.2, 0.25) is 5.15 Å². The zero-order chi connectivity index (χ0) is 22.7. The zero-order valence-corrected chi connectivity index (χ0v) is 18.4. The molecule has 0 spiro atoms. The molecule has 10 nitrogen and oxygen atoms in total. The number of amides is 1. The number of pyridine rings is 2. The standard InChI is InChI=1S/C20H14ClN7O3S/c1-10-7-12(11-3-5-23-8-13(11)30-2)14(16(21)26-10)17(29)28-20-27-15-18(31-6-4-22)24-9-25-19(15)32-20/h3,5,7-9H,6H2,1-2H3,(H,27,28,29). The molecule has 1 amide bonds. The lowest BCUT2D eigenvalue weighted by atomic mass is 10.0. The van der Waals surface area contributed by atoms with Crippen molar-refractivity contribution in [3.63, 3.8) is 0 Å². The van der Waals surface area contributed by atoms with Crippen molar-refractivity contribution in [1.82, 2.24) is 24.9 Å². The van der Waals surface area contributed by atoms with Crippen molar-refractivity contribution in [2.75, 3.05) is 19.0 Å². The number of rotatable bonds is 6. The number of carbonyl (C=O) groups is 1. The summed E-state index contributed by atoms with van der Waals surface area (Å²) < 4.78 is 10.7. The fourth-order valence-corrected chi connectivity index (χ4v) is 4.10. The molecule has 4 aromatic heterocycles. The molecule has 0 radical (unpaired) electrons. The predicted octanol–water partition coefficient (Wildman–Crippen LogP) is 3.67. The van der Waals surface area contributed by atoms with Gasteiger partial charge in [0, 0.05) is 23.0 Å². The normalized spacial score (nSPS) is 10.6. The van der Waals surface area contributed by atoms with Crippen LogP contribution < -0.4 is 14.8 Å². The first-order valence-electron chi connectivity index (χ1n) is 9.10. The van der Waals surface area contributed by atoms with Crippen LogP contribution in [0.5, 0.6) is 11.6 Å². The van der Waals surface area contributed by atoms with E-state index in [-0.39, 0.29) is 28.3 Å². The lowest BCUT2D eigenvalue weighted by Crippen LogP contribution is -2.15. The van der Waals surface area contributed by atoms with Crippen molar-refractivity contribution < 1.29 is 14.3 Å². The second-order valence-electron chi connectivity index (χ2n) is 6.31. The molecule has 0 saturated carbocycles. The first-order chi connectivity index (χ1) is 15.5. The summed E-state index contributed by atoms with van der Waals surface area (Å²) in [7, 11) is 1.52. The van der Waals surface area contributed by atoms with E-state index in [4.69, 9.17) is 26.3 Å². The van der Waals surface area contributed by atoms with E-state index < -0.39 is 5.91 Å². The van der Waals surface area contributed by atoms with Gasteiger partial charge in [-0.2, -0.15) is 10.2 Å². The number of halogens is 1. The Morgan fingerprint density at radius 3 is 2.94 bits per heavy atom. The molecule has 0 aliphatic heterocycles. The number of anilines is 1. The fraction of sp³-hybridized carbons (Fsp3) is 0.150. The number of hydrogen-bond donors (Lipinski definition) is 1. The van der Waals surface area contributed by atoms with Crippen LogP contribution in [0.15, 0.2) is 30.9 Å². The van der Waals surface area contributed by atoms with E-state index in [1.54, 1.807) is 31.5 Å². The van der Waals surface area contributed by atoms with Gasteiger partial charge in [0.05, 0.1) is 18.9 Å². The van der Waals surface area contributed by atoms with E-state index in [0.717, 1.165) is 11.3 Å². The Kier molecular flexibility index (Phi) is 6.07. The molecule has 12 heteroatoms. The van der Waals surface area contributed by atoms with Gasteiger partial charge < -0.3 is 9.47 Å². The third kappa shape index (κ3) is 4.14. The number of aromatic nitrogens is 5. The molecular weight excluding hydrogens is 454 g/mol. The maximum atomic E-state index is 13.2. The van der Waals surface area contributed by atoms with Crippen LogP contribution in [0.1, 0.15) is 16.1 Å². The number of thiazole rings is 1. The number of nitriles is 1. The quantitative estimate of drug-likeness (QED) is 0.421. The molecule has 1 N–H and O–H groups in total. The molecule has 4 heterocycles. The minimum absolute atomic E-state index is 0.0373. The van der Waals surface area contributed by atoms with Crippen molar-refractivity contribution in [2.45, 2.75) is 6.92 Å². The van der Waals surface area contributed by atoms with Gasteiger partial charge in [0.2, 0.25) is 5.88 Å². The number of hydrogen-bond acceptors (Lipinski definition) is 10. The Labute approximate surface area is 190 Å². The molecule has 4 rings (SSSR count). The molecule has 0 saturated heterocycles. The average Bonchev–Trinajstić information content (AvgIpc) is 3.19. The molecular formula is C20H14ClN7O3S. The fourth-order valence-electron chi connectivity index (χ4n) is 2.98. The van der Waals surface area contributed by atoms with Crippen molar-refractivity contribution >= 4 is 44.3 Å². The minimum atomic E-state index is -0.511. The van der Waals surface area contributed by atoms with Gasteiger partial charge in [-0.1, -0.05) is 22.9 Å². The van der Waals surface area contributed by atoms with Gasteiger partial charge in [0.15, 0.2) is 22.1 Å². The highest BCUT2D eigenvalue weighted by Crippen LogP contribution is 2.36. The maximum Gasteiger partial charge on any atom is 0.261 e. The number of ether oxygens (including phenoxy) is 2. The van der Waals surface area contributed by atoms with Crippen LogP contribution in [-0.2, 0) is 0 Å². The summed E-state index contributed by atoms with van der Waals surface area (Å²) in [6.07, 6.45) is 4.45. The van der Waals surface area contributed by atoms with Gasteiger partial charge in [-0.25, -0.2) is 15.0 Å². The van der Waals surface area contributed by atoms with Gasteiger partial charge in [0.1, 0.15) is 23.3 Å². The van der Waals surface area contributed by atoms with Crippen molar-refractivity contribution in [3.05, 3.63) is 47.3 Å². The Bertz CT molecular complexity index is 1370. The lowest BCUT2D eigenvalue weighted by molar-refractivity contribution is 0.102. The summed E-state index contributed by atoms with van der Waals surface area (Å²) >= 11 is 7.51. The molecule has 0 atom stereocenters. The Morgan fingerprint density at radius 2 is 2.16 bits per heavy atom. The summed E-state index contributed by atoms with van der Waals surface area (Å²) in [5.41, 5.74) is 2.32. The summed E-state index contributed by atoms with van der Waals surface area (Å²) in [6.45, 7) is 1.59. The van der Waals surface area contributed by atoms with Gasteiger partial charge in [-0.3, -0.25) is 15.1 Å². The van der Waals surface area contributed by atoms with E-state index in [9.17, 15) is 4.79 Å². The van der Waals surface area contributed by atoms with Gasteiger partial charge in [0.25, 0.3) is 5.91 Å². The number of methoxy groups -OCH3 is 1. The maximum absolute atomic E-state index is 13.2.